The Morgan fingerprint density at radius 3 is 2.90 bits per heavy atom. The van der Waals surface area contributed by atoms with Crippen molar-refractivity contribution in [3.63, 3.8) is 0 Å². The van der Waals surface area contributed by atoms with Crippen LogP contribution in [0.4, 0.5) is 4.39 Å². The fraction of sp³-hybridized carbons (Fsp3) is 0.214. The van der Waals surface area contributed by atoms with Crippen LogP contribution in [0.15, 0.2) is 22.7 Å². The van der Waals surface area contributed by atoms with Crippen LogP contribution in [0.3, 0.4) is 0 Å². The summed E-state index contributed by atoms with van der Waals surface area (Å²) in [6.07, 6.45) is 0.810. The number of nitrogens with one attached hydrogen (secondary N) is 1. The second-order valence-electron chi connectivity index (χ2n) is 4.58. The smallest absolute Gasteiger partial charge is 0.160 e. The maximum absolute atomic E-state index is 13.2. The van der Waals surface area contributed by atoms with Crippen LogP contribution in [0, 0.1) is 12.7 Å². The monoisotopic (exact) mass is 351 g/mol. The van der Waals surface area contributed by atoms with Crippen LogP contribution in [-0.4, -0.2) is 21.5 Å². The first-order chi connectivity index (χ1) is 9.56. The number of aryl methyl sites for hydroxylation is 1. The van der Waals surface area contributed by atoms with Gasteiger partial charge in [-0.05, 0) is 41.1 Å². The fourth-order valence-electron chi connectivity index (χ4n) is 2.28. The number of nitrogens with zero attached hydrogens (tertiary/aromatic N) is 2. The molecular formula is C14H11BrFN3S. The second-order valence-corrected chi connectivity index (χ2v) is 5.85. The number of fused-ring (bicyclic) bond motifs is 1. The maximum Gasteiger partial charge on any atom is 0.160 e. The molecule has 102 valence electrons. The van der Waals surface area contributed by atoms with E-state index in [9.17, 15) is 4.39 Å². The Hall–Kier alpha value is -1.40. The van der Waals surface area contributed by atoms with Gasteiger partial charge in [0.05, 0.1) is 17.0 Å². The number of hydrogen-bond acceptors (Lipinski definition) is 3. The van der Waals surface area contributed by atoms with Gasteiger partial charge in [0.15, 0.2) is 5.82 Å². The van der Waals surface area contributed by atoms with E-state index in [-0.39, 0.29) is 5.82 Å². The fourth-order valence-corrected chi connectivity index (χ4v) is 3.18. The van der Waals surface area contributed by atoms with Gasteiger partial charge in [0.2, 0.25) is 0 Å². The molecule has 1 aliphatic heterocycles. The van der Waals surface area contributed by atoms with Gasteiger partial charge in [-0.1, -0.05) is 12.2 Å². The van der Waals surface area contributed by atoms with Crippen LogP contribution < -0.4 is 5.32 Å². The SMILES string of the molecule is Cc1nc(-c2ccc(F)cc2Br)nc2c1C(=S)NCC2. The van der Waals surface area contributed by atoms with Crippen LogP contribution in [0.1, 0.15) is 17.0 Å². The Labute approximate surface area is 129 Å². The molecule has 0 unspecified atom stereocenters. The van der Waals surface area contributed by atoms with E-state index < -0.39 is 0 Å². The molecule has 0 amide bonds. The van der Waals surface area contributed by atoms with Crippen LogP contribution in [0.2, 0.25) is 0 Å². The lowest BCUT2D eigenvalue weighted by Gasteiger charge is -2.20. The molecule has 1 aromatic heterocycles. The van der Waals surface area contributed by atoms with Crippen molar-refractivity contribution in [3.8, 4) is 11.4 Å². The quantitative estimate of drug-likeness (QED) is 0.800. The molecule has 0 fully saturated rings. The van der Waals surface area contributed by atoms with Crippen molar-refractivity contribution in [2.24, 2.45) is 0 Å². The van der Waals surface area contributed by atoms with Crippen molar-refractivity contribution < 1.29 is 4.39 Å². The van der Waals surface area contributed by atoms with Gasteiger partial charge in [0, 0.05) is 23.0 Å². The third-order valence-electron chi connectivity index (χ3n) is 3.21. The second kappa shape index (κ2) is 5.18. The highest BCUT2D eigenvalue weighted by molar-refractivity contribution is 9.10. The first kappa shape index (κ1) is 13.6. The Morgan fingerprint density at radius 2 is 2.15 bits per heavy atom. The van der Waals surface area contributed by atoms with E-state index in [0.29, 0.717) is 15.3 Å². The summed E-state index contributed by atoms with van der Waals surface area (Å²) in [4.78, 5) is 9.80. The molecule has 2 aromatic rings. The lowest BCUT2D eigenvalue weighted by Crippen LogP contribution is -2.33. The summed E-state index contributed by atoms with van der Waals surface area (Å²) in [5.74, 6) is 0.304. The minimum atomic E-state index is -0.291. The van der Waals surface area contributed by atoms with E-state index in [4.69, 9.17) is 12.2 Å². The maximum atomic E-state index is 13.2. The summed E-state index contributed by atoms with van der Waals surface area (Å²) >= 11 is 8.66. The molecule has 6 heteroatoms. The third kappa shape index (κ3) is 2.33. The van der Waals surface area contributed by atoms with Gasteiger partial charge in [-0.15, -0.1) is 0 Å². The molecule has 0 radical (unpaired) electrons. The van der Waals surface area contributed by atoms with Gasteiger partial charge in [0.25, 0.3) is 0 Å². The molecule has 0 atom stereocenters. The van der Waals surface area contributed by atoms with Crippen molar-refractivity contribution in [1.82, 2.24) is 15.3 Å². The molecule has 0 aliphatic carbocycles. The predicted octanol–water partition coefficient (Wildman–Crippen LogP) is 3.17. The van der Waals surface area contributed by atoms with E-state index in [1.807, 2.05) is 6.92 Å². The van der Waals surface area contributed by atoms with Crippen LogP contribution in [-0.2, 0) is 6.42 Å². The minimum absolute atomic E-state index is 0.291. The van der Waals surface area contributed by atoms with E-state index in [1.54, 1.807) is 6.07 Å². The van der Waals surface area contributed by atoms with Crippen LogP contribution >= 0.6 is 28.1 Å². The highest BCUT2D eigenvalue weighted by atomic mass is 79.9. The van der Waals surface area contributed by atoms with E-state index in [0.717, 1.165) is 35.5 Å². The largest absolute Gasteiger partial charge is 0.375 e. The average molecular weight is 352 g/mol. The van der Waals surface area contributed by atoms with Crippen molar-refractivity contribution >= 4 is 33.1 Å². The topological polar surface area (TPSA) is 37.8 Å². The molecule has 1 N–H and O–H groups in total. The zero-order valence-electron chi connectivity index (χ0n) is 10.7. The van der Waals surface area contributed by atoms with Gasteiger partial charge >= 0.3 is 0 Å². The average Bonchev–Trinajstić information content (AvgIpc) is 2.38. The number of benzene rings is 1. The summed E-state index contributed by atoms with van der Waals surface area (Å²) in [7, 11) is 0. The molecular weight excluding hydrogens is 341 g/mol. The summed E-state index contributed by atoms with van der Waals surface area (Å²) in [5, 5.41) is 3.15. The molecule has 3 nitrogen and oxygen atoms in total. The van der Waals surface area contributed by atoms with E-state index in [1.165, 1.54) is 12.1 Å². The van der Waals surface area contributed by atoms with Gasteiger partial charge in [-0.3, -0.25) is 0 Å². The highest BCUT2D eigenvalue weighted by Gasteiger charge is 2.20. The number of halogens is 2. The molecule has 0 saturated heterocycles. The Morgan fingerprint density at radius 1 is 1.35 bits per heavy atom. The summed E-state index contributed by atoms with van der Waals surface area (Å²) in [6, 6.07) is 4.50. The molecule has 0 bridgehead atoms. The van der Waals surface area contributed by atoms with Crippen LogP contribution in [0.25, 0.3) is 11.4 Å². The standard InChI is InChI=1S/C14H11BrFN3S/c1-7-12-11(4-5-17-14(12)20)19-13(18-7)9-3-2-8(16)6-10(9)15/h2-3,6H,4-5H2,1H3,(H,17,20). The van der Waals surface area contributed by atoms with Gasteiger partial charge in [-0.25, -0.2) is 14.4 Å². The zero-order chi connectivity index (χ0) is 14.3. The van der Waals surface area contributed by atoms with Crippen molar-refractivity contribution in [2.45, 2.75) is 13.3 Å². The lowest BCUT2D eigenvalue weighted by molar-refractivity contribution is 0.627. The first-order valence-electron chi connectivity index (χ1n) is 6.17. The summed E-state index contributed by atoms with van der Waals surface area (Å²) in [5.41, 5.74) is 3.50. The number of aromatic nitrogens is 2. The summed E-state index contributed by atoms with van der Waals surface area (Å²) < 4.78 is 13.8. The van der Waals surface area contributed by atoms with Gasteiger partial charge in [0.1, 0.15) is 10.8 Å². The van der Waals surface area contributed by atoms with E-state index in [2.05, 4.69) is 31.2 Å². The summed E-state index contributed by atoms with van der Waals surface area (Å²) in [6.45, 7) is 2.70. The molecule has 1 aliphatic rings. The molecule has 0 spiro atoms. The number of hydrogen-bond donors (Lipinski definition) is 1. The van der Waals surface area contributed by atoms with Crippen molar-refractivity contribution in [3.05, 3.63) is 45.4 Å². The molecule has 1 aromatic carbocycles. The predicted molar refractivity (Wildman–Crippen MR) is 83.3 cm³/mol. The Balaban J connectivity index is 2.16. The molecule has 0 saturated carbocycles. The highest BCUT2D eigenvalue weighted by Crippen LogP contribution is 2.28. The lowest BCUT2D eigenvalue weighted by atomic mass is 10.0. The zero-order valence-corrected chi connectivity index (χ0v) is 13.1. The van der Waals surface area contributed by atoms with Gasteiger partial charge in [-0.2, -0.15) is 0 Å². The minimum Gasteiger partial charge on any atom is -0.375 e. The normalized spacial score (nSPS) is 13.8. The Kier molecular flexibility index (Phi) is 3.52. The van der Waals surface area contributed by atoms with Crippen molar-refractivity contribution in [2.75, 3.05) is 6.54 Å². The van der Waals surface area contributed by atoms with Crippen molar-refractivity contribution in [1.29, 1.82) is 0 Å². The molecule has 3 rings (SSSR count). The Bertz CT molecular complexity index is 718. The third-order valence-corrected chi connectivity index (χ3v) is 4.22. The number of rotatable bonds is 1. The number of thiocarbonyl (C=S) groups is 1. The molecule has 20 heavy (non-hydrogen) atoms. The van der Waals surface area contributed by atoms with Crippen LogP contribution in [0.5, 0.6) is 0 Å². The van der Waals surface area contributed by atoms with Gasteiger partial charge < -0.3 is 5.32 Å². The van der Waals surface area contributed by atoms with E-state index >= 15 is 0 Å². The molecule has 2 heterocycles. The first-order valence-corrected chi connectivity index (χ1v) is 7.37.